The number of aromatic nitrogens is 2. The van der Waals surface area contributed by atoms with E-state index in [-0.39, 0.29) is 0 Å². The summed E-state index contributed by atoms with van der Waals surface area (Å²) in [6.45, 7) is 0. The highest BCUT2D eigenvalue weighted by Gasteiger charge is 2.20. The number of nitrogens with zero attached hydrogens (tertiary/aromatic N) is 2. The van der Waals surface area contributed by atoms with Crippen LogP contribution in [0.15, 0.2) is 60.9 Å². The third kappa shape index (κ3) is 3.20. The van der Waals surface area contributed by atoms with Gasteiger partial charge in [-0.25, -0.2) is 14.8 Å². The van der Waals surface area contributed by atoms with E-state index in [0.717, 1.165) is 16.5 Å². The summed E-state index contributed by atoms with van der Waals surface area (Å²) in [5, 5.41) is 0.751. The molecule has 0 fully saturated rings. The molecular formula is C20H15N3O3S. The molecule has 1 aromatic carbocycles. The molecule has 0 saturated heterocycles. The van der Waals surface area contributed by atoms with Gasteiger partial charge in [0, 0.05) is 23.8 Å². The number of carbonyl (C=O) groups excluding carboxylic acids is 1. The first-order valence-corrected chi connectivity index (χ1v) is 8.93. The van der Waals surface area contributed by atoms with Crippen molar-refractivity contribution in [3.63, 3.8) is 0 Å². The number of methoxy groups -OCH3 is 1. The van der Waals surface area contributed by atoms with E-state index < -0.39 is 5.97 Å². The number of anilines is 1. The van der Waals surface area contributed by atoms with Crippen LogP contribution in [0.2, 0.25) is 0 Å². The van der Waals surface area contributed by atoms with Crippen LogP contribution in [0.5, 0.6) is 11.6 Å². The lowest BCUT2D eigenvalue weighted by Gasteiger charge is -2.07. The summed E-state index contributed by atoms with van der Waals surface area (Å²) in [6.07, 6.45) is 3.38. The van der Waals surface area contributed by atoms with Gasteiger partial charge in [-0.1, -0.05) is 18.2 Å². The van der Waals surface area contributed by atoms with Crippen molar-refractivity contribution in [2.24, 2.45) is 0 Å². The Morgan fingerprint density at radius 1 is 1.04 bits per heavy atom. The summed E-state index contributed by atoms with van der Waals surface area (Å²) < 4.78 is 10.5. The second-order valence-corrected chi connectivity index (χ2v) is 6.67. The molecule has 7 heteroatoms. The number of nitrogens with two attached hydrogens (primary N) is 1. The molecule has 0 aliphatic heterocycles. The van der Waals surface area contributed by atoms with E-state index in [9.17, 15) is 4.79 Å². The number of nitrogen functional groups attached to an aromatic ring is 1. The molecule has 134 valence electrons. The first-order chi connectivity index (χ1) is 13.2. The Labute approximate surface area is 159 Å². The quantitative estimate of drug-likeness (QED) is 0.526. The van der Waals surface area contributed by atoms with Crippen molar-refractivity contribution < 1.29 is 14.3 Å². The lowest BCUT2D eigenvalue weighted by Crippen LogP contribution is -2.01. The van der Waals surface area contributed by atoms with Crippen LogP contribution in [-0.4, -0.2) is 23.0 Å². The maximum atomic E-state index is 11.9. The van der Waals surface area contributed by atoms with Gasteiger partial charge in [-0.3, -0.25) is 0 Å². The van der Waals surface area contributed by atoms with E-state index in [0.29, 0.717) is 27.0 Å². The summed E-state index contributed by atoms with van der Waals surface area (Å²) in [5.74, 6) is 0.748. The predicted molar refractivity (Wildman–Crippen MR) is 105 cm³/mol. The molecule has 0 bridgehead atoms. The first-order valence-electron chi connectivity index (χ1n) is 8.12. The van der Waals surface area contributed by atoms with Crippen molar-refractivity contribution in [3.8, 4) is 22.8 Å². The Balaban J connectivity index is 1.72. The van der Waals surface area contributed by atoms with Crippen molar-refractivity contribution >= 4 is 33.2 Å². The van der Waals surface area contributed by atoms with E-state index >= 15 is 0 Å². The van der Waals surface area contributed by atoms with Gasteiger partial charge in [-0.05, 0) is 35.4 Å². The molecule has 0 aliphatic carbocycles. The Morgan fingerprint density at radius 2 is 1.85 bits per heavy atom. The average Bonchev–Trinajstić information content (AvgIpc) is 3.06. The lowest BCUT2D eigenvalue weighted by atomic mass is 10.0. The van der Waals surface area contributed by atoms with Gasteiger partial charge in [0.2, 0.25) is 5.88 Å². The van der Waals surface area contributed by atoms with Crippen molar-refractivity contribution in [2.45, 2.75) is 0 Å². The van der Waals surface area contributed by atoms with Gasteiger partial charge in [0.25, 0.3) is 0 Å². The topological polar surface area (TPSA) is 87.3 Å². The summed E-state index contributed by atoms with van der Waals surface area (Å²) in [6, 6.07) is 15.0. The van der Waals surface area contributed by atoms with Gasteiger partial charge in [0.05, 0.1) is 12.8 Å². The normalized spacial score (nSPS) is 10.7. The van der Waals surface area contributed by atoms with Crippen LogP contribution in [0.25, 0.3) is 21.3 Å². The molecule has 0 radical (unpaired) electrons. The highest BCUT2D eigenvalue weighted by atomic mass is 32.1. The Kier molecular flexibility index (Phi) is 4.43. The van der Waals surface area contributed by atoms with Gasteiger partial charge in [-0.2, -0.15) is 0 Å². The number of hydrogen-bond donors (Lipinski definition) is 1. The maximum Gasteiger partial charge on any atom is 0.350 e. The fraction of sp³-hybridized carbons (Fsp3) is 0.0500. The number of fused-ring (bicyclic) bond motifs is 1. The number of ether oxygens (including phenoxy) is 2. The Hall–Kier alpha value is -3.45. The number of thiophene rings is 1. The molecular weight excluding hydrogens is 362 g/mol. The molecule has 0 saturated carbocycles. The maximum absolute atomic E-state index is 11.9. The zero-order valence-corrected chi connectivity index (χ0v) is 15.2. The first kappa shape index (κ1) is 17.0. The van der Waals surface area contributed by atoms with Crippen molar-refractivity contribution in [1.29, 1.82) is 0 Å². The second-order valence-electron chi connectivity index (χ2n) is 5.67. The third-order valence-electron chi connectivity index (χ3n) is 4.03. The largest absolute Gasteiger partial charge is 0.465 e. The zero-order valence-electron chi connectivity index (χ0n) is 14.4. The van der Waals surface area contributed by atoms with Crippen LogP contribution >= 0.6 is 11.3 Å². The van der Waals surface area contributed by atoms with Gasteiger partial charge < -0.3 is 15.2 Å². The van der Waals surface area contributed by atoms with E-state index in [2.05, 4.69) is 9.97 Å². The minimum atomic E-state index is -0.458. The molecule has 0 spiro atoms. The number of esters is 1. The fourth-order valence-corrected chi connectivity index (χ4v) is 3.77. The molecule has 3 heterocycles. The third-order valence-corrected chi connectivity index (χ3v) is 5.12. The molecule has 0 atom stereocenters. The summed E-state index contributed by atoms with van der Waals surface area (Å²) in [5.41, 5.74) is 8.45. The number of rotatable bonds is 4. The molecule has 0 unspecified atom stereocenters. The number of pyridine rings is 2. The molecule has 4 rings (SSSR count). The lowest BCUT2D eigenvalue weighted by molar-refractivity contribution is 0.0607. The van der Waals surface area contributed by atoms with Gasteiger partial charge in [-0.15, -0.1) is 11.3 Å². The Morgan fingerprint density at radius 3 is 2.56 bits per heavy atom. The van der Waals surface area contributed by atoms with E-state index in [1.807, 2.05) is 42.5 Å². The van der Waals surface area contributed by atoms with Gasteiger partial charge in [0.1, 0.15) is 15.5 Å². The van der Waals surface area contributed by atoms with E-state index in [4.69, 9.17) is 15.2 Å². The molecule has 3 aromatic heterocycles. The van der Waals surface area contributed by atoms with Crippen LogP contribution in [0.3, 0.4) is 0 Å². The number of benzene rings is 1. The average molecular weight is 377 g/mol. The highest BCUT2D eigenvalue weighted by molar-refractivity contribution is 7.21. The number of hydrogen-bond acceptors (Lipinski definition) is 7. The monoisotopic (exact) mass is 377 g/mol. The Bertz CT molecular complexity index is 1110. The fourth-order valence-electron chi connectivity index (χ4n) is 2.76. The molecule has 0 amide bonds. The van der Waals surface area contributed by atoms with Crippen LogP contribution < -0.4 is 10.5 Å². The summed E-state index contributed by atoms with van der Waals surface area (Å²) in [4.78, 5) is 21.5. The van der Waals surface area contributed by atoms with Crippen LogP contribution in [0, 0.1) is 0 Å². The summed E-state index contributed by atoms with van der Waals surface area (Å²) in [7, 11) is 1.33. The molecule has 0 aliphatic rings. The molecule has 4 aromatic rings. The molecule has 2 N–H and O–H groups in total. The van der Waals surface area contributed by atoms with E-state index in [1.165, 1.54) is 18.4 Å². The second kappa shape index (κ2) is 7.05. The number of carbonyl (C=O) groups is 1. The smallest absolute Gasteiger partial charge is 0.350 e. The van der Waals surface area contributed by atoms with Crippen molar-refractivity contribution in [2.75, 3.05) is 12.8 Å². The van der Waals surface area contributed by atoms with Crippen LogP contribution in [-0.2, 0) is 4.74 Å². The molecule has 6 nitrogen and oxygen atoms in total. The van der Waals surface area contributed by atoms with Crippen LogP contribution in [0.4, 0.5) is 5.69 Å². The van der Waals surface area contributed by atoms with Crippen LogP contribution in [0.1, 0.15) is 9.67 Å². The standard InChI is InChI=1S/C20H15N3O3S/c1-25-20(24)18-17(21)16-14(9-11-23-19(16)27-18)12-5-7-13(8-6-12)26-15-4-2-3-10-22-15/h2-11H,21H2,1H3. The minimum absolute atomic E-state index is 0.363. The predicted octanol–water partition coefficient (Wildman–Crippen LogP) is 4.52. The highest BCUT2D eigenvalue weighted by Crippen LogP contribution is 2.39. The summed E-state index contributed by atoms with van der Waals surface area (Å²) >= 11 is 1.23. The van der Waals surface area contributed by atoms with Gasteiger partial charge >= 0.3 is 5.97 Å². The van der Waals surface area contributed by atoms with E-state index in [1.54, 1.807) is 18.5 Å². The minimum Gasteiger partial charge on any atom is -0.465 e. The zero-order chi connectivity index (χ0) is 18.8. The van der Waals surface area contributed by atoms with Crippen molar-refractivity contribution in [3.05, 3.63) is 65.8 Å². The van der Waals surface area contributed by atoms with Gasteiger partial charge in [0.15, 0.2) is 0 Å². The SMILES string of the molecule is COC(=O)c1sc2nccc(-c3ccc(Oc4ccccn4)cc3)c2c1N. The molecule has 27 heavy (non-hydrogen) atoms. The van der Waals surface area contributed by atoms with Crippen molar-refractivity contribution in [1.82, 2.24) is 9.97 Å².